The van der Waals surface area contributed by atoms with Gasteiger partial charge in [0, 0.05) is 43.2 Å². The molecule has 2 aromatic carbocycles. The molecule has 0 amide bonds. The molecule has 1 fully saturated rings. The van der Waals surface area contributed by atoms with E-state index in [0.717, 1.165) is 54.8 Å². The number of fused-ring (bicyclic) bond motifs is 1. The minimum atomic E-state index is -0.194. The summed E-state index contributed by atoms with van der Waals surface area (Å²) in [4.78, 5) is 17.0. The smallest absolute Gasteiger partial charge is 0.141 e. The summed E-state index contributed by atoms with van der Waals surface area (Å²) in [6, 6.07) is 17.2. The van der Waals surface area contributed by atoms with Crippen molar-refractivity contribution in [2.24, 2.45) is 0 Å². The molecule has 4 nitrogen and oxygen atoms in total. The van der Waals surface area contributed by atoms with Crippen LogP contribution in [0.2, 0.25) is 0 Å². The fraction of sp³-hybridized carbons (Fsp3) is 0.280. The molecule has 1 saturated heterocycles. The van der Waals surface area contributed by atoms with Gasteiger partial charge >= 0.3 is 0 Å². The molecule has 5 rings (SSSR count). The maximum absolute atomic E-state index is 13.3. The van der Waals surface area contributed by atoms with Crippen molar-refractivity contribution in [1.29, 1.82) is 0 Å². The van der Waals surface area contributed by atoms with Gasteiger partial charge < -0.3 is 9.80 Å². The predicted molar refractivity (Wildman–Crippen MR) is 127 cm³/mol. The molecule has 0 unspecified atom stereocenters. The van der Waals surface area contributed by atoms with E-state index in [1.54, 1.807) is 11.3 Å². The predicted octanol–water partition coefficient (Wildman–Crippen LogP) is 5.36. The maximum Gasteiger partial charge on any atom is 0.141 e. The summed E-state index contributed by atoms with van der Waals surface area (Å²) in [5.41, 5.74) is 3.57. The molecular formula is C25H25FN4S. The molecular weight excluding hydrogens is 407 g/mol. The van der Waals surface area contributed by atoms with Crippen molar-refractivity contribution in [3.63, 3.8) is 0 Å². The third-order valence-corrected chi connectivity index (χ3v) is 7.13. The number of rotatable bonds is 4. The first-order valence-electron chi connectivity index (χ1n) is 10.6. The molecule has 6 heteroatoms. The van der Waals surface area contributed by atoms with E-state index >= 15 is 0 Å². The number of hydrogen-bond acceptors (Lipinski definition) is 5. The van der Waals surface area contributed by atoms with Crippen molar-refractivity contribution in [1.82, 2.24) is 9.97 Å². The van der Waals surface area contributed by atoms with Crippen LogP contribution in [0.25, 0.3) is 10.2 Å². The standard InChI is InChI=1S/C25H25FN4S/c1-17-18(2)31-25-23(17)24(27-22(28-25)16-19-6-4-3-5-7-19)30-14-12-29(13-15-30)21-10-8-20(26)9-11-21/h3-11H,12-16H2,1-2H3. The van der Waals surface area contributed by atoms with Crippen LogP contribution >= 0.6 is 11.3 Å². The molecule has 0 radical (unpaired) electrons. The first kappa shape index (κ1) is 19.9. The van der Waals surface area contributed by atoms with Crippen molar-refractivity contribution in [3.05, 3.63) is 82.2 Å². The van der Waals surface area contributed by atoms with Gasteiger partial charge in [0.2, 0.25) is 0 Å². The first-order chi connectivity index (χ1) is 15.1. The molecule has 3 heterocycles. The SMILES string of the molecule is Cc1sc2nc(Cc3ccccc3)nc(N3CCN(c4ccc(F)cc4)CC3)c2c1C. The average molecular weight is 433 g/mol. The summed E-state index contributed by atoms with van der Waals surface area (Å²) in [6.07, 6.45) is 0.731. The summed E-state index contributed by atoms with van der Waals surface area (Å²) < 4.78 is 13.3. The monoisotopic (exact) mass is 432 g/mol. The van der Waals surface area contributed by atoms with Gasteiger partial charge in [-0.15, -0.1) is 11.3 Å². The lowest BCUT2D eigenvalue weighted by Crippen LogP contribution is -2.47. The van der Waals surface area contributed by atoms with Crippen molar-refractivity contribution < 1.29 is 4.39 Å². The zero-order valence-corrected chi connectivity index (χ0v) is 18.6. The molecule has 0 aliphatic carbocycles. The number of hydrogen-bond donors (Lipinski definition) is 0. The number of thiophene rings is 1. The zero-order chi connectivity index (χ0) is 21.4. The van der Waals surface area contributed by atoms with Crippen LogP contribution < -0.4 is 9.80 Å². The fourth-order valence-corrected chi connectivity index (χ4v) is 5.23. The van der Waals surface area contributed by atoms with E-state index in [9.17, 15) is 4.39 Å². The highest BCUT2D eigenvalue weighted by Crippen LogP contribution is 2.36. The zero-order valence-electron chi connectivity index (χ0n) is 17.8. The average Bonchev–Trinajstić information content (AvgIpc) is 3.08. The topological polar surface area (TPSA) is 32.3 Å². The number of piperazine rings is 1. The summed E-state index contributed by atoms with van der Waals surface area (Å²) in [5, 5.41) is 1.19. The Bertz CT molecular complexity index is 1200. The second-order valence-corrected chi connectivity index (χ2v) is 9.24. The van der Waals surface area contributed by atoms with Gasteiger partial charge in [-0.3, -0.25) is 0 Å². The van der Waals surface area contributed by atoms with Gasteiger partial charge in [-0.25, -0.2) is 14.4 Å². The maximum atomic E-state index is 13.3. The highest BCUT2D eigenvalue weighted by atomic mass is 32.1. The fourth-order valence-electron chi connectivity index (χ4n) is 4.19. The van der Waals surface area contributed by atoms with Gasteiger partial charge in [-0.1, -0.05) is 30.3 Å². The molecule has 4 aromatic rings. The Labute approximate surface area is 186 Å². The van der Waals surface area contributed by atoms with Crippen LogP contribution in [0.4, 0.5) is 15.9 Å². The number of halogens is 1. The molecule has 0 saturated carbocycles. The van der Waals surface area contributed by atoms with Crippen molar-refractivity contribution in [2.45, 2.75) is 20.3 Å². The summed E-state index contributed by atoms with van der Waals surface area (Å²) in [6.45, 7) is 7.85. The second kappa shape index (κ2) is 8.27. The number of anilines is 2. The Morgan fingerprint density at radius 3 is 2.26 bits per heavy atom. The number of aryl methyl sites for hydroxylation is 2. The van der Waals surface area contributed by atoms with Gasteiger partial charge in [0.1, 0.15) is 22.3 Å². The van der Waals surface area contributed by atoms with Crippen molar-refractivity contribution >= 4 is 33.1 Å². The third kappa shape index (κ3) is 4.00. The van der Waals surface area contributed by atoms with E-state index in [0.29, 0.717) is 0 Å². The summed E-state index contributed by atoms with van der Waals surface area (Å²) >= 11 is 1.76. The molecule has 31 heavy (non-hydrogen) atoms. The summed E-state index contributed by atoms with van der Waals surface area (Å²) in [5.74, 6) is 1.73. The van der Waals surface area contributed by atoms with Crippen molar-refractivity contribution in [2.75, 3.05) is 36.0 Å². The molecule has 158 valence electrons. The highest BCUT2D eigenvalue weighted by molar-refractivity contribution is 7.18. The molecule has 0 bridgehead atoms. The van der Waals surface area contributed by atoms with E-state index < -0.39 is 0 Å². The van der Waals surface area contributed by atoms with Crippen LogP contribution in [0.5, 0.6) is 0 Å². The van der Waals surface area contributed by atoms with Crippen LogP contribution in [0.1, 0.15) is 21.8 Å². The minimum Gasteiger partial charge on any atom is -0.368 e. The van der Waals surface area contributed by atoms with Crippen LogP contribution in [-0.4, -0.2) is 36.1 Å². The normalized spacial score (nSPS) is 14.4. The molecule has 1 aliphatic heterocycles. The molecule has 0 atom stereocenters. The Kier molecular flexibility index (Phi) is 5.32. The molecule has 2 aromatic heterocycles. The number of aromatic nitrogens is 2. The molecule has 0 spiro atoms. The first-order valence-corrected chi connectivity index (χ1v) is 11.5. The Balaban J connectivity index is 1.45. The second-order valence-electron chi connectivity index (χ2n) is 8.04. The lowest BCUT2D eigenvalue weighted by molar-refractivity contribution is 0.624. The van der Waals surface area contributed by atoms with Crippen LogP contribution in [0.15, 0.2) is 54.6 Å². The molecule has 1 aliphatic rings. The van der Waals surface area contributed by atoms with E-state index in [1.807, 2.05) is 18.2 Å². The Hall–Kier alpha value is -2.99. The van der Waals surface area contributed by atoms with Crippen LogP contribution in [0, 0.1) is 19.7 Å². The largest absolute Gasteiger partial charge is 0.368 e. The lowest BCUT2D eigenvalue weighted by Gasteiger charge is -2.37. The highest BCUT2D eigenvalue weighted by Gasteiger charge is 2.23. The van der Waals surface area contributed by atoms with E-state index in [4.69, 9.17) is 9.97 Å². The quantitative estimate of drug-likeness (QED) is 0.434. The van der Waals surface area contributed by atoms with Gasteiger partial charge in [0.25, 0.3) is 0 Å². The lowest BCUT2D eigenvalue weighted by atomic mass is 10.1. The van der Waals surface area contributed by atoms with Gasteiger partial charge in [-0.05, 0) is 49.2 Å². The van der Waals surface area contributed by atoms with Gasteiger partial charge in [0.15, 0.2) is 0 Å². The minimum absolute atomic E-state index is 0.194. The molecule has 0 N–H and O–H groups in total. The summed E-state index contributed by atoms with van der Waals surface area (Å²) in [7, 11) is 0. The number of benzene rings is 2. The van der Waals surface area contributed by atoms with E-state index in [2.05, 4.69) is 47.9 Å². The van der Waals surface area contributed by atoms with Crippen LogP contribution in [0.3, 0.4) is 0 Å². The Morgan fingerprint density at radius 1 is 0.871 bits per heavy atom. The van der Waals surface area contributed by atoms with E-state index in [1.165, 1.54) is 33.5 Å². The Morgan fingerprint density at radius 2 is 1.55 bits per heavy atom. The number of nitrogens with zero attached hydrogens (tertiary/aromatic N) is 4. The van der Waals surface area contributed by atoms with Crippen LogP contribution in [-0.2, 0) is 6.42 Å². The third-order valence-electron chi connectivity index (χ3n) is 6.03. The van der Waals surface area contributed by atoms with Gasteiger partial charge in [0.05, 0.1) is 5.39 Å². The van der Waals surface area contributed by atoms with E-state index in [-0.39, 0.29) is 5.82 Å². The van der Waals surface area contributed by atoms with Gasteiger partial charge in [-0.2, -0.15) is 0 Å². The van der Waals surface area contributed by atoms with Crippen molar-refractivity contribution in [3.8, 4) is 0 Å².